The van der Waals surface area contributed by atoms with Crippen molar-refractivity contribution in [1.29, 1.82) is 0 Å². The Morgan fingerprint density at radius 1 is 1.31 bits per heavy atom. The molecule has 2 heteroatoms. The fourth-order valence-corrected chi connectivity index (χ4v) is 2.67. The van der Waals surface area contributed by atoms with Gasteiger partial charge in [-0.25, -0.2) is 0 Å². The molecule has 2 nitrogen and oxygen atoms in total. The normalized spacial score (nSPS) is 27.3. The van der Waals surface area contributed by atoms with E-state index < -0.39 is 0 Å². The molecule has 0 aromatic carbocycles. The lowest BCUT2D eigenvalue weighted by molar-refractivity contribution is -0.129. The summed E-state index contributed by atoms with van der Waals surface area (Å²) in [6, 6.07) is 0. The van der Waals surface area contributed by atoms with Crippen LogP contribution in [0.2, 0.25) is 0 Å². The van der Waals surface area contributed by atoms with E-state index in [1.54, 1.807) is 0 Å². The fraction of sp³-hybridized carbons (Fsp3) is 0.929. The Kier molecular flexibility index (Phi) is 3.83. The van der Waals surface area contributed by atoms with Crippen LogP contribution in [0.1, 0.15) is 60.8 Å². The quantitative estimate of drug-likeness (QED) is 0.732. The number of ketones is 1. The molecule has 1 aliphatic heterocycles. The maximum atomic E-state index is 12.2. The summed E-state index contributed by atoms with van der Waals surface area (Å²) in [4.78, 5) is 12.2. The maximum absolute atomic E-state index is 12.2. The first-order valence-corrected chi connectivity index (χ1v) is 6.37. The minimum atomic E-state index is -0.294. The van der Waals surface area contributed by atoms with Gasteiger partial charge < -0.3 is 4.74 Å². The van der Waals surface area contributed by atoms with Gasteiger partial charge in [0.2, 0.25) is 0 Å². The summed E-state index contributed by atoms with van der Waals surface area (Å²) in [7, 11) is 0. The van der Waals surface area contributed by atoms with Gasteiger partial charge in [-0.15, -0.1) is 0 Å². The number of hydrogen-bond donors (Lipinski definition) is 0. The lowest BCUT2D eigenvalue weighted by Gasteiger charge is -2.26. The summed E-state index contributed by atoms with van der Waals surface area (Å²) in [6.45, 7) is 12.6. The predicted octanol–water partition coefficient (Wildman–Crippen LogP) is 3.59. The second-order valence-corrected chi connectivity index (χ2v) is 6.62. The molecular formula is C14H26O2. The number of Topliss-reactive ketones (excluding diaryl/α,β-unsaturated/α-hetero) is 1. The van der Waals surface area contributed by atoms with Crippen molar-refractivity contribution in [3.63, 3.8) is 0 Å². The number of carbonyl (C=O) groups excluding carboxylic acids is 1. The molecule has 0 aromatic heterocycles. The monoisotopic (exact) mass is 226 g/mol. The van der Waals surface area contributed by atoms with Crippen molar-refractivity contribution in [1.82, 2.24) is 0 Å². The zero-order chi connectivity index (χ0) is 12.6. The van der Waals surface area contributed by atoms with Crippen LogP contribution in [0.4, 0.5) is 0 Å². The van der Waals surface area contributed by atoms with E-state index in [9.17, 15) is 4.79 Å². The number of ether oxygens (including phenoxy) is 1. The summed E-state index contributed by atoms with van der Waals surface area (Å²) in [6.07, 6.45) is 2.55. The Morgan fingerprint density at radius 2 is 1.88 bits per heavy atom. The fourth-order valence-electron chi connectivity index (χ4n) is 2.67. The zero-order valence-electron chi connectivity index (χ0n) is 11.6. The molecule has 0 N–H and O–H groups in total. The Bertz CT molecular complexity index is 264. The van der Waals surface area contributed by atoms with Crippen LogP contribution >= 0.6 is 0 Å². The zero-order valence-corrected chi connectivity index (χ0v) is 11.6. The van der Waals surface area contributed by atoms with Crippen molar-refractivity contribution in [2.45, 2.75) is 72.0 Å². The molecule has 16 heavy (non-hydrogen) atoms. The smallest absolute Gasteiger partial charge is 0.138 e. The molecule has 0 aliphatic carbocycles. The standard InChI is InChI=1S/C14H26O2/c1-10(2)7-8-12(15)11-9-13(3,4)16-14(11,5)6/h10-11H,7-9H2,1-6H3. The van der Waals surface area contributed by atoms with Gasteiger partial charge in [-0.1, -0.05) is 13.8 Å². The third-order valence-electron chi connectivity index (χ3n) is 3.43. The Labute approximate surface area is 99.8 Å². The molecule has 0 radical (unpaired) electrons. The van der Waals surface area contributed by atoms with E-state index in [0.29, 0.717) is 18.1 Å². The molecule has 0 aromatic rings. The number of carbonyl (C=O) groups is 1. The largest absolute Gasteiger partial charge is 0.369 e. The van der Waals surface area contributed by atoms with Gasteiger partial charge in [0.25, 0.3) is 0 Å². The Hall–Kier alpha value is -0.370. The Morgan fingerprint density at radius 3 is 2.25 bits per heavy atom. The molecule has 1 saturated heterocycles. The van der Waals surface area contributed by atoms with Crippen molar-refractivity contribution in [3.8, 4) is 0 Å². The minimum Gasteiger partial charge on any atom is -0.369 e. The van der Waals surface area contributed by atoms with Crippen LogP contribution in [0.3, 0.4) is 0 Å². The van der Waals surface area contributed by atoms with Crippen molar-refractivity contribution >= 4 is 5.78 Å². The average Bonchev–Trinajstić information content (AvgIpc) is 2.30. The first kappa shape index (κ1) is 13.7. The molecule has 0 bridgehead atoms. The van der Waals surface area contributed by atoms with Crippen molar-refractivity contribution < 1.29 is 9.53 Å². The highest BCUT2D eigenvalue weighted by atomic mass is 16.5. The van der Waals surface area contributed by atoms with Crippen LogP contribution < -0.4 is 0 Å². The first-order chi connectivity index (χ1) is 7.14. The molecule has 1 rings (SSSR count). The highest BCUT2D eigenvalue weighted by molar-refractivity contribution is 5.82. The molecule has 0 amide bonds. The van der Waals surface area contributed by atoms with Crippen molar-refractivity contribution in [3.05, 3.63) is 0 Å². The summed E-state index contributed by atoms with van der Waals surface area (Å²) in [5.41, 5.74) is -0.445. The summed E-state index contributed by atoms with van der Waals surface area (Å²) >= 11 is 0. The topological polar surface area (TPSA) is 26.3 Å². The molecule has 0 spiro atoms. The molecule has 0 saturated carbocycles. The second-order valence-electron chi connectivity index (χ2n) is 6.62. The highest BCUT2D eigenvalue weighted by Gasteiger charge is 2.48. The third kappa shape index (κ3) is 3.31. The van der Waals surface area contributed by atoms with Gasteiger partial charge in [0.05, 0.1) is 11.2 Å². The van der Waals surface area contributed by atoms with Crippen LogP contribution in [0.5, 0.6) is 0 Å². The van der Waals surface area contributed by atoms with Crippen LogP contribution in [0.15, 0.2) is 0 Å². The lowest BCUT2D eigenvalue weighted by Crippen LogP contribution is -2.33. The van der Waals surface area contributed by atoms with Gasteiger partial charge in [-0.05, 0) is 46.5 Å². The van der Waals surface area contributed by atoms with E-state index >= 15 is 0 Å². The molecule has 1 aliphatic rings. The van der Waals surface area contributed by atoms with E-state index in [4.69, 9.17) is 4.74 Å². The van der Waals surface area contributed by atoms with E-state index in [1.165, 1.54) is 0 Å². The van der Waals surface area contributed by atoms with Gasteiger partial charge in [0.15, 0.2) is 0 Å². The van der Waals surface area contributed by atoms with Crippen molar-refractivity contribution in [2.24, 2.45) is 11.8 Å². The number of hydrogen-bond acceptors (Lipinski definition) is 2. The Balaban J connectivity index is 2.63. The van der Waals surface area contributed by atoms with Crippen LogP contribution in [0.25, 0.3) is 0 Å². The first-order valence-electron chi connectivity index (χ1n) is 6.37. The maximum Gasteiger partial charge on any atom is 0.138 e. The SMILES string of the molecule is CC(C)CCC(=O)C1CC(C)(C)OC1(C)C. The summed E-state index contributed by atoms with van der Waals surface area (Å²) in [5, 5.41) is 0. The van der Waals surface area contributed by atoms with Gasteiger partial charge in [-0.3, -0.25) is 4.79 Å². The lowest BCUT2D eigenvalue weighted by atomic mass is 9.82. The van der Waals surface area contributed by atoms with Crippen LogP contribution in [0, 0.1) is 11.8 Å². The third-order valence-corrected chi connectivity index (χ3v) is 3.43. The molecule has 1 fully saturated rings. The average molecular weight is 226 g/mol. The summed E-state index contributed by atoms with van der Waals surface area (Å²) in [5.74, 6) is 1.05. The van der Waals surface area contributed by atoms with Crippen LogP contribution in [-0.2, 0) is 9.53 Å². The molecule has 1 heterocycles. The van der Waals surface area contributed by atoms with Gasteiger partial charge >= 0.3 is 0 Å². The van der Waals surface area contributed by atoms with Gasteiger partial charge in [0.1, 0.15) is 5.78 Å². The highest BCUT2D eigenvalue weighted by Crippen LogP contribution is 2.42. The molecular weight excluding hydrogens is 200 g/mol. The van der Waals surface area contributed by atoms with E-state index in [2.05, 4.69) is 27.7 Å². The van der Waals surface area contributed by atoms with Gasteiger partial charge in [-0.2, -0.15) is 0 Å². The number of rotatable bonds is 4. The molecule has 1 unspecified atom stereocenters. The van der Waals surface area contributed by atoms with E-state index in [0.717, 1.165) is 12.8 Å². The summed E-state index contributed by atoms with van der Waals surface area (Å²) < 4.78 is 5.96. The second kappa shape index (κ2) is 4.48. The predicted molar refractivity (Wildman–Crippen MR) is 66.4 cm³/mol. The van der Waals surface area contributed by atoms with Gasteiger partial charge in [0, 0.05) is 12.3 Å². The van der Waals surface area contributed by atoms with Crippen molar-refractivity contribution in [2.75, 3.05) is 0 Å². The minimum absolute atomic E-state index is 0.0706. The molecule has 1 atom stereocenters. The van der Waals surface area contributed by atoms with E-state index in [-0.39, 0.29) is 17.1 Å². The molecule has 94 valence electrons. The van der Waals surface area contributed by atoms with E-state index in [1.807, 2.05) is 13.8 Å². The van der Waals surface area contributed by atoms with Crippen LogP contribution in [-0.4, -0.2) is 17.0 Å².